The molecule has 1 aliphatic heterocycles. The highest BCUT2D eigenvalue weighted by Gasteiger charge is 2.37. The number of nitrogens with one attached hydrogen (secondary N) is 1. The highest BCUT2D eigenvalue weighted by molar-refractivity contribution is 5.78. The van der Waals surface area contributed by atoms with Crippen molar-refractivity contribution in [2.75, 3.05) is 39.9 Å². The molecule has 1 saturated carbocycles. The van der Waals surface area contributed by atoms with Gasteiger partial charge in [0.05, 0.1) is 6.61 Å². The van der Waals surface area contributed by atoms with Crippen LogP contribution in [-0.4, -0.2) is 50.7 Å². The van der Waals surface area contributed by atoms with Gasteiger partial charge in [-0.3, -0.25) is 4.79 Å². The molecule has 1 aliphatic carbocycles. The van der Waals surface area contributed by atoms with Gasteiger partial charge in [0.2, 0.25) is 5.91 Å². The van der Waals surface area contributed by atoms with Gasteiger partial charge in [-0.25, -0.2) is 0 Å². The Bertz CT molecular complexity index is 297. The molecule has 0 aromatic rings. The van der Waals surface area contributed by atoms with Crippen LogP contribution in [-0.2, 0) is 9.53 Å². The maximum atomic E-state index is 12.1. The average molecular weight is 268 g/mol. The van der Waals surface area contributed by atoms with E-state index in [-0.39, 0.29) is 17.2 Å². The van der Waals surface area contributed by atoms with Crippen LogP contribution in [0.4, 0.5) is 0 Å². The zero-order valence-electron chi connectivity index (χ0n) is 12.4. The van der Waals surface area contributed by atoms with Gasteiger partial charge in [0.15, 0.2) is 0 Å². The molecule has 0 aromatic heterocycles. The Labute approximate surface area is 116 Å². The molecule has 4 nitrogen and oxygen atoms in total. The number of likely N-dealkylation sites (tertiary alicyclic amines) is 1. The molecule has 0 radical (unpaired) electrons. The predicted molar refractivity (Wildman–Crippen MR) is 76.0 cm³/mol. The predicted octanol–water partition coefficient (Wildman–Crippen LogP) is 1.65. The molecule has 19 heavy (non-hydrogen) atoms. The minimum absolute atomic E-state index is 0.0952. The quantitative estimate of drug-likeness (QED) is 0.763. The molecule has 1 saturated heterocycles. The van der Waals surface area contributed by atoms with Crippen molar-refractivity contribution < 1.29 is 9.53 Å². The number of amides is 1. The van der Waals surface area contributed by atoms with Crippen LogP contribution >= 0.6 is 0 Å². The number of nitrogens with zero attached hydrogens (tertiary/aromatic N) is 1. The van der Waals surface area contributed by atoms with Gasteiger partial charge in [0.25, 0.3) is 0 Å². The lowest BCUT2D eigenvalue weighted by Gasteiger charge is -2.41. The molecular weight excluding hydrogens is 240 g/mol. The molecular formula is C15H28N2O2. The van der Waals surface area contributed by atoms with Crippen LogP contribution in [0.5, 0.6) is 0 Å². The monoisotopic (exact) mass is 268 g/mol. The first-order valence-corrected chi connectivity index (χ1v) is 7.64. The van der Waals surface area contributed by atoms with Crippen molar-refractivity contribution in [3.05, 3.63) is 0 Å². The van der Waals surface area contributed by atoms with Gasteiger partial charge < -0.3 is 15.0 Å². The van der Waals surface area contributed by atoms with E-state index in [2.05, 4.69) is 10.2 Å². The van der Waals surface area contributed by atoms with E-state index in [4.69, 9.17) is 4.74 Å². The Kier molecular flexibility index (Phi) is 5.22. The number of ether oxygens (including phenoxy) is 1. The average Bonchev–Trinajstić information content (AvgIpc) is 2.84. The normalized spacial score (nSPS) is 23.9. The molecule has 0 bridgehead atoms. The van der Waals surface area contributed by atoms with Crippen LogP contribution in [0.2, 0.25) is 0 Å². The van der Waals surface area contributed by atoms with E-state index >= 15 is 0 Å². The van der Waals surface area contributed by atoms with Crippen LogP contribution in [0.25, 0.3) is 0 Å². The van der Waals surface area contributed by atoms with Crippen LogP contribution < -0.4 is 5.32 Å². The van der Waals surface area contributed by atoms with Gasteiger partial charge in [-0.1, -0.05) is 13.3 Å². The first-order valence-electron chi connectivity index (χ1n) is 7.64. The van der Waals surface area contributed by atoms with Crippen LogP contribution in [0.15, 0.2) is 0 Å². The summed E-state index contributed by atoms with van der Waals surface area (Å²) in [6.07, 6.45) is 6.20. The van der Waals surface area contributed by atoms with Crippen molar-refractivity contribution in [3.63, 3.8) is 0 Å². The molecule has 2 aliphatic rings. The van der Waals surface area contributed by atoms with Gasteiger partial charge >= 0.3 is 0 Å². The van der Waals surface area contributed by atoms with Crippen molar-refractivity contribution >= 4 is 5.91 Å². The van der Waals surface area contributed by atoms with E-state index in [9.17, 15) is 4.79 Å². The molecule has 4 heteroatoms. The number of rotatable bonds is 7. The summed E-state index contributed by atoms with van der Waals surface area (Å²) in [6.45, 7) is 6.81. The van der Waals surface area contributed by atoms with Gasteiger partial charge in [-0.05, 0) is 38.8 Å². The lowest BCUT2D eigenvalue weighted by Crippen LogP contribution is -2.47. The highest BCUT2D eigenvalue weighted by atomic mass is 16.5. The summed E-state index contributed by atoms with van der Waals surface area (Å²) in [4.78, 5) is 14.5. The van der Waals surface area contributed by atoms with E-state index in [0.717, 1.165) is 32.8 Å². The fraction of sp³-hybridized carbons (Fsp3) is 0.933. The third kappa shape index (κ3) is 3.93. The molecule has 2 rings (SSSR count). The zero-order chi connectivity index (χ0) is 13.7. The van der Waals surface area contributed by atoms with Gasteiger partial charge in [-0.15, -0.1) is 0 Å². The lowest BCUT2D eigenvalue weighted by atomic mass is 9.69. The Morgan fingerprint density at radius 2 is 2.00 bits per heavy atom. The van der Waals surface area contributed by atoms with Crippen LogP contribution in [0.3, 0.4) is 0 Å². The van der Waals surface area contributed by atoms with Crippen molar-refractivity contribution in [2.45, 2.75) is 39.0 Å². The summed E-state index contributed by atoms with van der Waals surface area (Å²) in [7, 11) is 1.75. The summed E-state index contributed by atoms with van der Waals surface area (Å²) in [5.41, 5.74) is 0.220. The van der Waals surface area contributed by atoms with Crippen LogP contribution in [0.1, 0.15) is 39.0 Å². The van der Waals surface area contributed by atoms with E-state index in [1.807, 2.05) is 6.92 Å². The van der Waals surface area contributed by atoms with Gasteiger partial charge in [0, 0.05) is 31.5 Å². The van der Waals surface area contributed by atoms with Gasteiger partial charge in [0.1, 0.15) is 0 Å². The second-order valence-corrected chi connectivity index (χ2v) is 6.41. The largest absolute Gasteiger partial charge is 0.384 e. The first-order chi connectivity index (χ1) is 9.15. The third-order valence-electron chi connectivity index (χ3n) is 4.68. The Morgan fingerprint density at radius 1 is 1.32 bits per heavy atom. The maximum absolute atomic E-state index is 12.1. The van der Waals surface area contributed by atoms with E-state index in [1.165, 1.54) is 32.1 Å². The third-order valence-corrected chi connectivity index (χ3v) is 4.68. The van der Waals surface area contributed by atoms with Crippen molar-refractivity contribution in [1.82, 2.24) is 10.2 Å². The first kappa shape index (κ1) is 14.8. The molecule has 1 N–H and O–H groups in total. The maximum Gasteiger partial charge on any atom is 0.224 e. The Morgan fingerprint density at radius 3 is 2.53 bits per heavy atom. The fourth-order valence-corrected chi connectivity index (χ4v) is 3.24. The standard InChI is InChI=1S/C15H28N2O2/c1-13(10-17-8-3-4-9-17)14(18)16-11-15(12-19-2)6-5-7-15/h13H,3-12H2,1-2H3,(H,16,18). The van der Waals surface area contributed by atoms with E-state index in [0.29, 0.717) is 0 Å². The van der Waals surface area contributed by atoms with Gasteiger partial charge in [-0.2, -0.15) is 0 Å². The summed E-state index contributed by atoms with van der Waals surface area (Å²) >= 11 is 0. The molecule has 0 spiro atoms. The molecule has 1 atom stereocenters. The minimum atomic E-state index is 0.0952. The highest BCUT2D eigenvalue weighted by Crippen LogP contribution is 2.40. The summed E-state index contributed by atoms with van der Waals surface area (Å²) in [5, 5.41) is 3.14. The van der Waals surface area contributed by atoms with Crippen molar-refractivity contribution in [2.24, 2.45) is 11.3 Å². The number of carbonyl (C=O) groups is 1. The summed E-state index contributed by atoms with van der Waals surface area (Å²) in [5.74, 6) is 0.298. The second-order valence-electron chi connectivity index (χ2n) is 6.41. The SMILES string of the molecule is COCC1(CNC(=O)C(C)CN2CCCC2)CCC1. The number of carbonyl (C=O) groups excluding carboxylic acids is 1. The molecule has 1 amide bonds. The molecule has 0 aromatic carbocycles. The number of hydrogen-bond donors (Lipinski definition) is 1. The molecule has 2 fully saturated rings. The lowest BCUT2D eigenvalue weighted by molar-refractivity contribution is -0.126. The van der Waals surface area contributed by atoms with E-state index < -0.39 is 0 Å². The molecule has 110 valence electrons. The number of methoxy groups -OCH3 is 1. The van der Waals surface area contributed by atoms with Crippen LogP contribution in [0, 0.1) is 11.3 Å². The second kappa shape index (κ2) is 6.71. The minimum Gasteiger partial charge on any atom is -0.384 e. The zero-order valence-corrected chi connectivity index (χ0v) is 12.4. The smallest absolute Gasteiger partial charge is 0.224 e. The molecule has 1 unspecified atom stereocenters. The van der Waals surface area contributed by atoms with Crippen molar-refractivity contribution in [3.8, 4) is 0 Å². The molecule has 1 heterocycles. The Balaban J connectivity index is 1.70. The topological polar surface area (TPSA) is 41.6 Å². The Hall–Kier alpha value is -0.610. The number of hydrogen-bond acceptors (Lipinski definition) is 3. The van der Waals surface area contributed by atoms with Crippen molar-refractivity contribution in [1.29, 1.82) is 0 Å². The summed E-state index contributed by atoms with van der Waals surface area (Å²) in [6, 6.07) is 0. The summed E-state index contributed by atoms with van der Waals surface area (Å²) < 4.78 is 5.29. The fourth-order valence-electron chi connectivity index (χ4n) is 3.24. The van der Waals surface area contributed by atoms with E-state index in [1.54, 1.807) is 7.11 Å².